The maximum atomic E-state index is 13.0. The highest BCUT2D eigenvalue weighted by atomic mass is 19.1. The molecule has 0 saturated carbocycles. The molecule has 1 aliphatic heterocycles. The quantitative estimate of drug-likeness (QED) is 0.747. The summed E-state index contributed by atoms with van der Waals surface area (Å²) in [6.45, 7) is 8.01. The molecule has 2 heterocycles. The van der Waals surface area contributed by atoms with Gasteiger partial charge in [-0.05, 0) is 39.2 Å². The molecule has 0 aliphatic carbocycles. The second-order valence-corrected chi connectivity index (χ2v) is 6.07. The zero-order valence-corrected chi connectivity index (χ0v) is 12.0. The predicted molar refractivity (Wildman–Crippen MR) is 75.2 cm³/mol. The summed E-state index contributed by atoms with van der Waals surface area (Å²) in [5.74, 6) is -0.583. The second kappa shape index (κ2) is 4.23. The SMILES string of the molecule is CC1(C)OB(c2ccc3cc(F)nnc3c2)OC1(C)C. The van der Waals surface area contributed by atoms with E-state index >= 15 is 0 Å². The lowest BCUT2D eigenvalue weighted by atomic mass is 9.79. The minimum absolute atomic E-state index is 0.388. The third kappa shape index (κ3) is 2.09. The number of nitrogens with zero attached hydrogens (tertiary/aromatic N) is 2. The van der Waals surface area contributed by atoms with Gasteiger partial charge in [0.1, 0.15) is 0 Å². The van der Waals surface area contributed by atoms with Crippen LogP contribution in [0.5, 0.6) is 0 Å². The van der Waals surface area contributed by atoms with E-state index in [1.165, 1.54) is 6.07 Å². The van der Waals surface area contributed by atoms with Crippen LogP contribution in [0.1, 0.15) is 27.7 Å². The fraction of sp³-hybridized carbons (Fsp3) is 0.429. The van der Waals surface area contributed by atoms with Gasteiger partial charge in [0.05, 0.1) is 16.7 Å². The van der Waals surface area contributed by atoms with E-state index in [1.54, 1.807) is 6.07 Å². The van der Waals surface area contributed by atoms with Gasteiger partial charge in [-0.1, -0.05) is 12.1 Å². The summed E-state index contributed by atoms with van der Waals surface area (Å²) in [7, 11) is -0.448. The lowest BCUT2D eigenvalue weighted by molar-refractivity contribution is 0.00578. The van der Waals surface area contributed by atoms with E-state index in [0.717, 1.165) is 5.46 Å². The first-order valence-electron chi connectivity index (χ1n) is 6.57. The molecule has 20 heavy (non-hydrogen) atoms. The molecule has 4 nitrogen and oxygen atoms in total. The predicted octanol–water partition coefficient (Wildman–Crippen LogP) is 2.07. The van der Waals surface area contributed by atoms with Crippen LogP contribution in [-0.2, 0) is 9.31 Å². The molecule has 6 heteroatoms. The van der Waals surface area contributed by atoms with Crippen molar-refractivity contribution >= 4 is 23.5 Å². The molecular weight excluding hydrogens is 258 g/mol. The minimum Gasteiger partial charge on any atom is -0.399 e. The Morgan fingerprint density at radius 2 is 1.65 bits per heavy atom. The van der Waals surface area contributed by atoms with Crippen molar-refractivity contribution in [3.05, 3.63) is 30.2 Å². The number of benzene rings is 1. The van der Waals surface area contributed by atoms with E-state index in [9.17, 15) is 4.39 Å². The van der Waals surface area contributed by atoms with Gasteiger partial charge in [-0.15, -0.1) is 10.2 Å². The third-order valence-corrected chi connectivity index (χ3v) is 4.11. The summed E-state index contributed by atoms with van der Waals surface area (Å²) < 4.78 is 25.0. The van der Waals surface area contributed by atoms with E-state index in [2.05, 4.69) is 10.2 Å². The van der Waals surface area contributed by atoms with E-state index in [1.807, 2.05) is 39.8 Å². The van der Waals surface area contributed by atoms with Gasteiger partial charge in [0.15, 0.2) is 0 Å². The normalized spacial score (nSPS) is 20.6. The first-order chi connectivity index (χ1) is 9.28. The third-order valence-electron chi connectivity index (χ3n) is 4.11. The number of hydrogen-bond donors (Lipinski definition) is 0. The van der Waals surface area contributed by atoms with E-state index < -0.39 is 13.1 Å². The topological polar surface area (TPSA) is 44.2 Å². The summed E-state index contributed by atoms with van der Waals surface area (Å²) in [5.41, 5.74) is 0.707. The highest BCUT2D eigenvalue weighted by Crippen LogP contribution is 2.36. The summed E-state index contributed by atoms with van der Waals surface area (Å²) in [6.07, 6.45) is 0. The van der Waals surface area contributed by atoms with E-state index in [-0.39, 0.29) is 11.2 Å². The molecule has 3 rings (SSSR count). The largest absolute Gasteiger partial charge is 0.494 e. The average molecular weight is 274 g/mol. The fourth-order valence-electron chi connectivity index (χ4n) is 2.15. The van der Waals surface area contributed by atoms with Crippen LogP contribution in [0.3, 0.4) is 0 Å². The molecule has 0 N–H and O–H groups in total. The van der Waals surface area contributed by atoms with Crippen molar-refractivity contribution in [1.29, 1.82) is 0 Å². The second-order valence-electron chi connectivity index (χ2n) is 6.07. The number of fused-ring (bicyclic) bond motifs is 1. The molecule has 0 amide bonds. The Kier molecular flexibility index (Phi) is 2.85. The highest BCUT2D eigenvalue weighted by Gasteiger charge is 2.51. The Labute approximate surface area is 117 Å². The smallest absolute Gasteiger partial charge is 0.399 e. The van der Waals surface area contributed by atoms with Gasteiger partial charge in [0.2, 0.25) is 5.95 Å². The number of rotatable bonds is 1. The summed E-state index contributed by atoms with van der Waals surface area (Å²) in [4.78, 5) is 0. The Morgan fingerprint density at radius 3 is 2.30 bits per heavy atom. The molecule has 104 valence electrons. The maximum Gasteiger partial charge on any atom is 0.494 e. The molecule has 1 saturated heterocycles. The molecule has 2 aromatic rings. The van der Waals surface area contributed by atoms with Gasteiger partial charge >= 0.3 is 7.12 Å². The molecule has 1 fully saturated rings. The van der Waals surface area contributed by atoms with Crippen LogP contribution in [0.15, 0.2) is 24.3 Å². The minimum atomic E-state index is -0.583. The lowest BCUT2D eigenvalue weighted by Crippen LogP contribution is -2.41. The molecule has 0 unspecified atom stereocenters. The molecule has 1 aromatic carbocycles. The Bertz CT molecular complexity index is 659. The van der Waals surface area contributed by atoms with Gasteiger partial charge in [-0.25, -0.2) is 0 Å². The first kappa shape index (κ1) is 13.5. The Morgan fingerprint density at radius 1 is 1.00 bits per heavy atom. The molecule has 1 aromatic heterocycles. The average Bonchev–Trinajstić information content (AvgIpc) is 2.58. The van der Waals surface area contributed by atoms with Crippen LogP contribution < -0.4 is 5.46 Å². The monoisotopic (exact) mass is 274 g/mol. The lowest BCUT2D eigenvalue weighted by Gasteiger charge is -2.32. The van der Waals surface area contributed by atoms with Crippen molar-refractivity contribution in [2.75, 3.05) is 0 Å². The maximum absolute atomic E-state index is 13.0. The summed E-state index contributed by atoms with van der Waals surface area (Å²) in [6, 6.07) is 6.85. The first-order valence-corrected chi connectivity index (χ1v) is 6.57. The van der Waals surface area contributed by atoms with Crippen molar-refractivity contribution in [2.24, 2.45) is 0 Å². The zero-order valence-electron chi connectivity index (χ0n) is 12.0. The van der Waals surface area contributed by atoms with Crippen molar-refractivity contribution in [3.8, 4) is 0 Å². The van der Waals surface area contributed by atoms with Gasteiger partial charge in [0, 0.05) is 11.5 Å². The zero-order chi connectivity index (χ0) is 14.5. The Balaban J connectivity index is 1.98. The molecule has 0 atom stereocenters. The van der Waals surface area contributed by atoms with Gasteiger partial charge in [-0.3, -0.25) is 0 Å². The summed E-state index contributed by atoms with van der Waals surface area (Å²) >= 11 is 0. The van der Waals surface area contributed by atoms with Gasteiger partial charge in [0.25, 0.3) is 0 Å². The molecule has 1 aliphatic rings. The van der Waals surface area contributed by atoms with Crippen LogP contribution in [0.4, 0.5) is 4.39 Å². The number of hydrogen-bond acceptors (Lipinski definition) is 4. The van der Waals surface area contributed by atoms with E-state index in [4.69, 9.17) is 9.31 Å². The fourth-order valence-corrected chi connectivity index (χ4v) is 2.15. The van der Waals surface area contributed by atoms with Crippen molar-refractivity contribution in [2.45, 2.75) is 38.9 Å². The molecule has 0 radical (unpaired) electrons. The van der Waals surface area contributed by atoms with Crippen LogP contribution in [0.25, 0.3) is 10.9 Å². The van der Waals surface area contributed by atoms with Crippen LogP contribution in [0.2, 0.25) is 0 Å². The number of halogens is 1. The highest BCUT2D eigenvalue weighted by molar-refractivity contribution is 6.62. The molecule has 0 bridgehead atoms. The van der Waals surface area contributed by atoms with Crippen molar-refractivity contribution in [3.63, 3.8) is 0 Å². The number of aromatic nitrogens is 2. The van der Waals surface area contributed by atoms with Crippen molar-refractivity contribution < 1.29 is 13.7 Å². The van der Waals surface area contributed by atoms with Crippen LogP contribution in [0, 0.1) is 5.95 Å². The Hall–Kier alpha value is -1.53. The van der Waals surface area contributed by atoms with E-state index in [0.29, 0.717) is 10.9 Å². The van der Waals surface area contributed by atoms with Crippen molar-refractivity contribution in [1.82, 2.24) is 10.2 Å². The summed E-state index contributed by atoms with van der Waals surface area (Å²) in [5, 5.41) is 7.99. The van der Waals surface area contributed by atoms with Gasteiger partial charge in [-0.2, -0.15) is 4.39 Å². The molecular formula is C14H16BFN2O2. The van der Waals surface area contributed by atoms with Gasteiger partial charge < -0.3 is 9.31 Å². The molecule has 0 spiro atoms. The van der Waals surface area contributed by atoms with Crippen LogP contribution >= 0.6 is 0 Å². The van der Waals surface area contributed by atoms with Crippen LogP contribution in [-0.4, -0.2) is 28.5 Å². The standard InChI is InChI=1S/C14H16BFN2O2/c1-13(2)14(3,4)20-15(19-13)10-6-5-9-7-12(16)18-17-11(9)8-10/h5-8H,1-4H3.